The largest absolute Gasteiger partial charge is 0.508 e. The molecule has 1 heterocycles. The van der Waals surface area contributed by atoms with Gasteiger partial charge in [-0.15, -0.1) is 0 Å². The number of imide groups is 1. The first kappa shape index (κ1) is 24.3. The summed E-state index contributed by atoms with van der Waals surface area (Å²) >= 11 is 0. The van der Waals surface area contributed by atoms with Crippen molar-refractivity contribution < 1.29 is 29.0 Å². The molecule has 0 bridgehead atoms. The van der Waals surface area contributed by atoms with Crippen LogP contribution in [-0.2, 0) is 16.2 Å². The number of rotatable bonds is 8. The van der Waals surface area contributed by atoms with E-state index < -0.39 is 29.9 Å². The fourth-order valence-corrected chi connectivity index (χ4v) is 3.48. The summed E-state index contributed by atoms with van der Waals surface area (Å²) in [5.41, 5.74) is 1.40. The summed E-state index contributed by atoms with van der Waals surface area (Å²) in [7, 11) is 0. The lowest BCUT2D eigenvalue weighted by atomic mass is 10.0. The third-order valence-electron chi connectivity index (χ3n) is 5.47. The first-order valence-corrected chi connectivity index (χ1v) is 11.2. The van der Waals surface area contributed by atoms with E-state index in [1.165, 1.54) is 30.3 Å². The molecule has 3 aromatic carbocycles. The molecule has 0 radical (unpaired) electrons. The number of aromatic hydroxyl groups is 1. The molecule has 1 fully saturated rings. The van der Waals surface area contributed by atoms with Crippen molar-refractivity contribution in [2.75, 3.05) is 6.54 Å². The summed E-state index contributed by atoms with van der Waals surface area (Å²) in [4.78, 5) is 50.0. The molecule has 1 aliphatic rings. The molecule has 5 N–H and O–H groups in total. The van der Waals surface area contributed by atoms with Crippen molar-refractivity contribution in [1.82, 2.24) is 21.3 Å². The lowest BCUT2D eigenvalue weighted by Crippen LogP contribution is -2.63. The number of benzene rings is 3. The number of carbonyl (C=O) groups excluding carboxylic acids is 4. The minimum atomic E-state index is -1.23. The lowest BCUT2D eigenvalue weighted by Gasteiger charge is -2.29. The highest BCUT2D eigenvalue weighted by Crippen LogP contribution is 2.20. The maximum atomic E-state index is 12.9. The van der Waals surface area contributed by atoms with Gasteiger partial charge in [0.15, 0.2) is 0 Å². The zero-order valence-electron chi connectivity index (χ0n) is 19.1. The van der Waals surface area contributed by atoms with Gasteiger partial charge in [0, 0.05) is 6.54 Å². The number of hydrogen-bond acceptors (Lipinski definition) is 6. The highest BCUT2D eigenvalue weighted by atomic mass is 16.5. The Labute approximate surface area is 206 Å². The average Bonchev–Trinajstić information content (AvgIpc) is 2.89. The van der Waals surface area contributed by atoms with Gasteiger partial charge in [-0.25, -0.2) is 4.79 Å². The predicted octanol–water partition coefficient (Wildman–Crippen LogP) is 1.77. The first-order valence-electron chi connectivity index (χ1n) is 11.2. The Kier molecular flexibility index (Phi) is 7.45. The molecule has 0 aromatic heterocycles. The number of amides is 5. The number of para-hydroxylation sites is 1. The first-order chi connectivity index (χ1) is 17.4. The normalized spacial score (nSPS) is 15.0. The van der Waals surface area contributed by atoms with Crippen LogP contribution in [0.3, 0.4) is 0 Å². The van der Waals surface area contributed by atoms with Crippen LogP contribution in [0.25, 0.3) is 0 Å². The second kappa shape index (κ2) is 11.0. The van der Waals surface area contributed by atoms with E-state index >= 15 is 0 Å². The molecule has 2 atom stereocenters. The van der Waals surface area contributed by atoms with Crippen LogP contribution in [0.2, 0.25) is 0 Å². The predicted molar refractivity (Wildman–Crippen MR) is 129 cm³/mol. The summed E-state index contributed by atoms with van der Waals surface area (Å²) in [5, 5.41) is 19.3. The molecule has 10 heteroatoms. The Morgan fingerprint density at radius 1 is 0.972 bits per heavy atom. The Bertz CT molecular complexity index is 1260. The van der Waals surface area contributed by atoms with Crippen molar-refractivity contribution in [3.05, 3.63) is 95.6 Å². The van der Waals surface area contributed by atoms with Gasteiger partial charge in [-0.2, -0.15) is 0 Å². The van der Waals surface area contributed by atoms with Crippen molar-refractivity contribution in [3.8, 4) is 11.5 Å². The molecule has 5 amide bonds. The van der Waals surface area contributed by atoms with Crippen LogP contribution in [0, 0.1) is 0 Å². The van der Waals surface area contributed by atoms with Gasteiger partial charge in [-0.05, 0) is 35.4 Å². The summed E-state index contributed by atoms with van der Waals surface area (Å²) < 4.78 is 5.78. The number of carbonyl (C=O) groups is 4. The smallest absolute Gasteiger partial charge is 0.322 e. The second-order valence-corrected chi connectivity index (χ2v) is 8.03. The van der Waals surface area contributed by atoms with E-state index in [1.54, 1.807) is 18.2 Å². The van der Waals surface area contributed by atoms with Crippen LogP contribution in [-0.4, -0.2) is 41.4 Å². The van der Waals surface area contributed by atoms with E-state index in [9.17, 15) is 24.3 Å². The Morgan fingerprint density at radius 2 is 1.67 bits per heavy atom. The molecule has 0 spiro atoms. The van der Waals surface area contributed by atoms with E-state index in [4.69, 9.17) is 4.74 Å². The molecule has 1 aliphatic heterocycles. The van der Waals surface area contributed by atoms with Crippen molar-refractivity contribution in [2.45, 2.75) is 18.7 Å². The Morgan fingerprint density at radius 3 is 2.33 bits per heavy atom. The number of ether oxygens (including phenoxy) is 1. The number of phenols is 1. The Hall–Kier alpha value is -4.86. The van der Waals surface area contributed by atoms with E-state index in [-0.39, 0.29) is 36.1 Å². The second-order valence-electron chi connectivity index (χ2n) is 8.03. The van der Waals surface area contributed by atoms with Gasteiger partial charge >= 0.3 is 6.03 Å². The molecule has 0 saturated carbocycles. The van der Waals surface area contributed by atoms with Crippen LogP contribution >= 0.6 is 0 Å². The maximum Gasteiger partial charge on any atom is 0.322 e. The molecule has 0 aliphatic carbocycles. The number of phenolic OH excluding ortho intramolecular Hbond substituents is 1. The molecule has 2 unspecified atom stereocenters. The monoisotopic (exact) mass is 488 g/mol. The highest BCUT2D eigenvalue weighted by Gasteiger charge is 2.33. The van der Waals surface area contributed by atoms with Crippen molar-refractivity contribution >= 4 is 23.8 Å². The standard InChI is InChI=1S/C26H24N4O6/c31-18-12-10-17(11-13-18)22(25(34)28-20-14-27-24(20)33)29-26(35)30-23(32)19-8-4-5-9-21(19)36-15-16-6-2-1-3-7-16/h1-13,20,22,31H,14-15H2,(H,27,33)(H,28,34)(H2,29,30,32,35). The fraction of sp³-hybridized carbons (Fsp3) is 0.154. The maximum absolute atomic E-state index is 12.9. The summed E-state index contributed by atoms with van der Waals surface area (Å²) in [6, 6.07) is 18.6. The molecule has 10 nitrogen and oxygen atoms in total. The number of nitrogens with one attached hydrogen (secondary N) is 4. The van der Waals surface area contributed by atoms with Crippen molar-refractivity contribution in [3.63, 3.8) is 0 Å². The minimum Gasteiger partial charge on any atom is -0.508 e. The Balaban J connectivity index is 1.44. The zero-order valence-corrected chi connectivity index (χ0v) is 19.1. The molecular weight excluding hydrogens is 464 g/mol. The third-order valence-corrected chi connectivity index (χ3v) is 5.47. The van der Waals surface area contributed by atoms with E-state index in [2.05, 4.69) is 21.3 Å². The van der Waals surface area contributed by atoms with Gasteiger partial charge in [0.25, 0.3) is 5.91 Å². The minimum absolute atomic E-state index is 0.0250. The van der Waals surface area contributed by atoms with E-state index in [0.717, 1.165) is 5.56 Å². The van der Waals surface area contributed by atoms with Gasteiger partial charge in [0.2, 0.25) is 11.8 Å². The summed E-state index contributed by atoms with van der Waals surface area (Å²) in [6.45, 7) is 0.506. The summed E-state index contributed by atoms with van der Waals surface area (Å²) in [5.74, 6) is -1.44. The molecule has 1 saturated heterocycles. The highest BCUT2D eigenvalue weighted by molar-refractivity contribution is 6.06. The number of urea groups is 1. The molecule has 36 heavy (non-hydrogen) atoms. The van der Waals surface area contributed by atoms with Crippen molar-refractivity contribution in [1.29, 1.82) is 0 Å². The van der Waals surface area contributed by atoms with Gasteiger partial charge in [-0.3, -0.25) is 19.7 Å². The lowest BCUT2D eigenvalue weighted by molar-refractivity contribution is -0.134. The van der Waals surface area contributed by atoms with Gasteiger partial charge in [0.05, 0.1) is 5.56 Å². The third kappa shape index (κ3) is 5.98. The SMILES string of the molecule is O=C(NC(=O)c1ccccc1OCc1ccccc1)NC(C(=O)NC1CNC1=O)c1ccc(O)cc1. The number of hydrogen-bond donors (Lipinski definition) is 5. The van der Waals surface area contributed by atoms with Crippen LogP contribution in [0.5, 0.6) is 11.5 Å². The molecular formula is C26H24N4O6. The van der Waals surface area contributed by atoms with Crippen LogP contribution in [0.15, 0.2) is 78.9 Å². The van der Waals surface area contributed by atoms with E-state index in [1.807, 2.05) is 30.3 Å². The topological polar surface area (TPSA) is 146 Å². The zero-order chi connectivity index (χ0) is 25.5. The summed E-state index contributed by atoms with van der Waals surface area (Å²) in [6.07, 6.45) is 0. The van der Waals surface area contributed by atoms with Crippen LogP contribution < -0.4 is 26.0 Å². The van der Waals surface area contributed by atoms with Crippen molar-refractivity contribution in [2.24, 2.45) is 0 Å². The molecule has 3 aromatic rings. The van der Waals surface area contributed by atoms with Gasteiger partial charge < -0.3 is 25.8 Å². The van der Waals surface area contributed by atoms with Gasteiger partial charge in [-0.1, -0.05) is 54.6 Å². The van der Waals surface area contributed by atoms with E-state index in [0.29, 0.717) is 5.56 Å². The number of β-lactam (4-membered cyclic amide) rings is 1. The van der Waals surface area contributed by atoms with Crippen LogP contribution in [0.1, 0.15) is 27.5 Å². The van der Waals surface area contributed by atoms with Crippen LogP contribution in [0.4, 0.5) is 4.79 Å². The molecule has 4 rings (SSSR count). The quantitative estimate of drug-likeness (QED) is 0.306. The fourth-order valence-electron chi connectivity index (χ4n) is 3.48. The van der Waals surface area contributed by atoms with Gasteiger partial charge in [0.1, 0.15) is 30.2 Å². The molecule has 184 valence electrons. The average molecular weight is 489 g/mol.